The number of ketones is 1. The van der Waals surface area contributed by atoms with Crippen molar-refractivity contribution in [1.29, 1.82) is 5.26 Å². The second-order valence-electron chi connectivity index (χ2n) is 11.8. The van der Waals surface area contributed by atoms with Gasteiger partial charge in [0.2, 0.25) is 6.79 Å². The molecule has 0 radical (unpaired) electrons. The lowest BCUT2D eigenvalue weighted by molar-refractivity contribution is -0.145. The summed E-state index contributed by atoms with van der Waals surface area (Å²) in [6.45, 7) is 3.50. The number of thioether (sulfide) groups is 2. The maximum absolute atomic E-state index is 14.8. The van der Waals surface area contributed by atoms with E-state index in [1.54, 1.807) is 97.6 Å². The third-order valence-electron chi connectivity index (χ3n) is 8.51. The summed E-state index contributed by atoms with van der Waals surface area (Å²) in [5, 5.41) is 7.90. The standard InChI is InChI=1S/C34H31N3O8S2/c1-21-17-37-28(22-14-15-25-26(16-22)43-20-42-25)33(2,19-35)18-34(37,47-32(41)45-24-12-8-5-9-13-24)30(39)36(3)29(27(21)38)46-31(40)44-23-10-6-4-7-11-23/h4-16,21,28-29H,17-18,20H2,1-3H3/t21-,28?,29?,33-,34?/m1/s1. The molecule has 0 spiro atoms. The topological polar surface area (TPSA) is 135 Å². The summed E-state index contributed by atoms with van der Waals surface area (Å²) in [7, 11) is 1.42. The van der Waals surface area contributed by atoms with Crippen LogP contribution < -0.4 is 18.9 Å². The lowest BCUT2D eigenvalue weighted by Crippen LogP contribution is -2.61. The molecule has 5 atom stereocenters. The Morgan fingerprint density at radius 1 is 0.936 bits per heavy atom. The predicted octanol–water partition coefficient (Wildman–Crippen LogP) is 6.26. The van der Waals surface area contributed by atoms with E-state index in [1.165, 1.54) is 11.9 Å². The molecule has 0 aromatic heterocycles. The molecule has 0 N–H and O–H groups in total. The zero-order valence-corrected chi connectivity index (χ0v) is 27.4. The van der Waals surface area contributed by atoms with E-state index in [0.717, 1.165) is 0 Å². The fourth-order valence-electron chi connectivity index (χ4n) is 6.35. The smallest absolute Gasteiger partial charge is 0.375 e. The number of carbonyl (C=O) groups is 4. The molecule has 0 bridgehead atoms. The molecule has 3 heterocycles. The molecule has 3 aromatic carbocycles. The molecule has 6 rings (SSSR count). The molecule has 2 saturated heterocycles. The Morgan fingerprint density at radius 2 is 1.55 bits per heavy atom. The van der Waals surface area contributed by atoms with Crippen LogP contribution in [0.25, 0.3) is 0 Å². The summed E-state index contributed by atoms with van der Waals surface area (Å²) in [5.41, 5.74) is -0.558. The highest BCUT2D eigenvalue weighted by Crippen LogP contribution is 2.60. The summed E-state index contributed by atoms with van der Waals surface area (Å²) in [6.07, 6.45) is -0.0832. The van der Waals surface area contributed by atoms with E-state index >= 15 is 0 Å². The number of fused-ring (bicyclic) bond motifs is 2. The van der Waals surface area contributed by atoms with Crippen molar-refractivity contribution in [3.8, 4) is 29.1 Å². The molecule has 3 aromatic rings. The molecule has 13 heteroatoms. The van der Waals surface area contributed by atoms with Crippen molar-refractivity contribution in [3.05, 3.63) is 84.4 Å². The second kappa shape index (κ2) is 12.9. The molecule has 3 aliphatic heterocycles. The van der Waals surface area contributed by atoms with Crippen LogP contribution in [0, 0.1) is 22.7 Å². The fraction of sp³-hybridized carbons (Fsp3) is 0.324. The number of nitrogens with zero attached hydrogens (tertiary/aromatic N) is 3. The van der Waals surface area contributed by atoms with Gasteiger partial charge in [0.1, 0.15) is 16.9 Å². The number of nitriles is 1. The Hall–Kier alpha value is -4.51. The van der Waals surface area contributed by atoms with E-state index in [9.17, 15) is 24.4 Å². The summed E-state index contributed by atoms with van der Waals surface area (Å²) in [5.74, 6) is -0.113. The average Bonchev–Trinajstić information content (AvgIpc) is 3.63. The molecule has 3 unspecified atom stereocenters. The van der Waals surface area contributed by atoms with Crippen LogP contribution in [0.2, 0.25) is 0 Å². The highest BCUT2D eigenvalue weighted by atomic mass is 32.2. The molecule has 2 fully saturated rings. The normalized spacial score (nSPS) is 26.9. The third-order valence-corrected chi connectivity index (χ3v) is 10.7. The SMILES string of the molecule is C[C@@H]1CN2C(c3ccc4c(c3)OCO4)[C@@](C)(C#N)CC2(SC(=O)Oc2ccccc2)C(=O)N(C)C(SC(=O)Oc2ccccc2)C1=O. The molecule has 242 valence electrons. The molecular weight excluding hydrogens is 643 g/mol. The van der Waals surface area contributed by atoms with Crippen molar-refractivity contribution >= 4 is 45.8 Å². The van der Waals surface area contributed by atoms with Gasteiger partial charge in [0.25, 0.3) is 5.91 Å². The highest BCUT2D eigenvalue weighted by molar-refractivity contribution is 8.15. The third kappa shape index (κ3) is 6.16. The first-order valence-corrected chi connectivity index (χ1v) is 16.5. The predicted molar refractivity (Wildman–Crippen MR) is 174 cm³/mol. The van der Waals surface area contributed by atoms with Crippen molar-refractivity contribution in [2.24, 2.45) is 11.3 Å². The number of para-hydroxylation sites is 2. The van der Waals surface area contributed by atoms with Gasteiger partial charge in [0.05, 0.1) is 17.5 Å². The van der Waals surface area contributed by atoms with Crippen molar-refractivity contribution in [2.75, 3.05) is 20.4 Å². The lowest BCUT2D eigenvalue weighted by atomic mass is 9.79. The highest BCUT2D eigenvalue weighted by Gasteiger charge is 2.66. The Bertz CT molecular complexity index is 1750. The molecule has 3 aliphatic rings. The van der Waals surface area contributed by atoms with Crippen LogP contribution >= 0.6 is 23.5 Å². The monoisotopic (exact) mass is 673 g/mol. The van der Waals surface area contributed by atoms with Gasteiger partial charge >= 0.3 is 10.6 Å². The number of carbonyl (C=O) groups excluding carboxylic acids is 4. The van der Waals surface area contributed by atoms with E-state index in [-0.39, 0.29) is 31.3 Å². The number of likely N-dealkylation sites (N-methyl/N-ethyl adjacent to an activating group) is 1. The average molecular weight is 674 g/mol. The van der Waals surface area contributed by atoms with Crippen LogP contribution in [0.3, 0.4) is 0 Å². The van der Waals surface area contributed by atoms with Crippen LogP contribution in [0.1, 0.15) is 31.9 Å². The first-order chi connectivity index (χ1) is 22.5. The minimum atomic E-state index is -1.69. The van der Waals surface area contributed by atoms with Gasteiger partial charge < -0.3 is 23.8 Å². The Morgan fingerprint density at radius 3 is 2.19 bits per heavy atom. The molecule has 0 aliphatic carbocycles. The van der Waals surface area contributed by atoms with Crippen LogP contribution in [-0.4, -0.2) is 62.7 Å². The summed E-state index contributed by atoms with van der Waals surface area (Å²) in [6, 6.07) is 23.8. The zero-order chi connectivity index (χ0) is 33.3. The Kier molecular flexibility index (Phi) is 8.93. The van der Waals surface area contributed by atoms with Crippen LogP contribution in [0.4, 0.5) is 9.59 Å². The van der Waals surface area contributed by atoms with E-state index in [0.29, 0.717) is 46.3 Å². The molecule has 1 amide bonds. The van der Waals surface area contributed by atoms with Gasteiger partial charge in [-0.3, -0.25) is 14.5 Å². The van der Waals surface area contributed by atoms with E-state index < -0.39 is 44.1 Å². The number of benzene rings is 3. The summed E-state index contributed by atoms with van der Waals surface area (Å²) < 4.78 is 22.2. The lowest BCUT2D eigenvalue weighted by Gasteiger charge is -2.45. The maximum Gasteiger partial charge on any atom is 0.375 e. The van der Waals surface area contributed by atoms with Gasteiger partial charge in [-0.2, -0.15) is 5.26 Å². The van der Waals surface area contributed by atoms with Gasteiger partial charge in [-0.1, -0.05) is 49.4 Å². The van der Waals surface area contributed by atoms with E-state index in [2.05, 4.69) is 6.07 Å². The van der Waals surface area contributed by atoms with Crippen molar-refractivity contribution in [3.63, 3.8) is 0 Å². The van der Waals surface area contributed by atoms with E-state index in [1.807, 2.05) is 0 Å². The van der Waals surface area contributed by atoms with Gasteiger partial charge in [0.15, 0.2) is 22.2 Å². The van der Waals surface area contributed by atoms with Gasteiger partial charge in [0, 0.05) is 25.9 Å². The number of hydrogen-bond donors (Lipinski definition) is 0. The van der Waals surface area contributed by atoms with Gasteiger partial charge in [-0.25, -0.2) is 9.59 Å². The summed E-state index contributed by atoms with van der Waals surface area (Å²) in [4.78, 5) is 56.8. The molecular formula is C34H31N3O8S2. The number of rotatable bonds is 5. The Labute approximate surface area is 280 Å². The maximum atomic E-state index is 14.8. The number of ether oxygens (including phenoxy) is 4. The van der Waals surface area contributed by atoms with Crippen LogP contribution in [-0.2, 0) is 9.59 Å². The first-order valence-electron chi connectivity index (χ1n) is 14.8. The minimum Gasteiger partial charge on any atom is -0.454 e. The Balaban J connectivity index is 1.41. The number of hydrogen-bond acceptors (Lipinski definition) is 12. The largest absolute Gasteiger partial charge is 0.454 e. The van der Waals surface area contributed by atoms with Crippen molar-refractivity contribution in [2.45, 2.75) is 36.6 Å². The van der Waals surface area contributed by atoms with Gasteiger partial charge in [-0.15, -0.1) is 0 Å². The first kappa shape index (κ1) is 32.4. The minimum absolute atomic E-state index is 0.00516. The second-order valence-corrected chi connectivity index (χ2v) is 14.0. The molecule has 11 nitrogen and oxygen atoms in total. The van der Waals surface area contributed by atoms with Crippen molar-refractivity contribution < 1.29 is 38.1 Å². The van der Waals surface area contributed by atoms with Crippen LogP contribution in [0.15, 0.2) is 78.9 Å². The quantitative estimate of drug-likeness (QED) is 0.283. The number of Topliss-reactive ketones (excluding diaryl/α,β-unsaturated/α-hetero) is 1. The van der Waals surface area contributed by atoms with E-state index in [4.69, 9.17) is 18.9 Å². The fourth-order valence-corrected chi connectivity index (χ4v) is 8.59. The number of amides is 1. The van der Waals surface area contributed by atoms with Crippen LogP contribution in [0.5, 0.6) is 23.0 Å². The summed E-state index contributed by atoms with van der Waals surface area (Å²) >= 11 is 1.25. The molecule has 0 saturated carbocycles. The van der Waals surface area contributed by atoms with Gasteiger partial charge in [-0.05, 0) is 72.4 Å². The molecule has 47 heavy (non-hydrogen) atoms. The zero-order valence-electron chi connectivity index (χ0n) is 25.8. The van der Waals surface area contributed by atoms with Crippen molar-refractivity contribution in [1.82, 2.24) is 9.80 Å².